The van der Waals surface area contributed by atoms with Gasteiger partial charge in [0.1, 0.15) is 24.7 Å². The summed E-state index contributed by atoms with van der Waals surface area (Å²) in [6.07, 6.45) is 4.14. The summed E-state index contributed by atoms with van der Waals surface area (Å²) in [7, 11) is 1.68. The molecule has 94 valence electrons. The smallest absolute Gasteiger partial charge is 0.137 e. The van der Waals surface area contributed by atoms with Gasteiger partial charge in [-0.2, -0.15) is 0 Å². The number of methoxy groups -OCH3 is 1. The van der Waals surface area contributed by atoms with Gasteiger partial charge >= 0.3 is 0 Å². The van der Waals surface area contributed by atoms with Gasteiger partial charge in [-0.05, 0) is 31.4 Å². The van der Waals surface area contributed by atoms with E-state index in [0.29, 0.717) is 0 Å². The molecule has 1 N–H and O–H groups in total. The maximum atomic E-state index is 5.75. The Morgan fingerprint density at radius 1 is 1.12 bits per heavy atom. The zero-order valence-electron chi connectivity index (χ0n) is 10.6. The van der Waals surface area contributed by atoms with Crippen LogP contribution in [0.5, 0.6) is 11.5 Å². The van der Waals surface area contributed by atoms with E-state index in [4.69, 9.17) is 9.47 Å². The Morgan fingerprint density at radius 2 is 1.88 bits per heavy atom. The van der Waals surface area contributed by atoms with Gasteiger partial charge in [-0.15, -0.1) is 0 Å². The van der Waals surface area contributed by atoms with E-state index < -0.39 is 0 Å². The molecule has 0 aliphatic carbocycles. The van der Waals surface area contributed by atoms with Crippen molar-refractivity contribution in [2.24, 2.45) is 0 Å². The van der Waals surface area contributed by atoms with Crippen molar-refractivity contribution >= 4 is 0 Å². The molecule has 1 saturated heterocycles. The average molecular weight is 236 g/mol. The number of nitrogens with one attached hydrogen (secondary N) is 1. The van der Waals surface area contributed by atoms with Crippen molar-refractivity contribution in [1.82, 2.24) is 0 Å². The highest BCUT2D eigenvalue weighted by atomic mass is 16.5. The van der Waals surface area contributed by atoms with E-state index in [1.54, 1.807) is 12.0 Å². The molecule has 0 amide bonds. The summed E-state index contributed by atoms with van der Waals surface area (Å²) in [6.45, 7) is 4.52. The van der Waals surface area contributed by atoms with Gasteiger partial charge in [-0.25, -0.2) is 0 Å². The van der Waals surface area contributed by atoms with Gasteiger partial charge < -0.3 is 14.4 Å². The zero-order valence-corrected chi connectivity index (χ0v) is 10.6. The number of hydrogen-bond donors (Lipinski definition) is 1. The van der Waals surface area contributed by atoms with Crippen LogP contribution in [-0.2, 0) is 0 Å². The fraction of sp³-hybridized carbons (Fsp3) is 0.571. The molecule has 0 bridgehead atoms. The topological polar surface area (TPSA) is 22.9 Å². The molecule has 3 nitrogen and oxygen atoms in total. The molecule has 1 aliphatic rings. The van der Waals surface area contributed by atoms with Crippen LogP contribution in [-0.4, -0.2) is 33.4 Å². The summed E-state index contributed by atoms with van der Waals surface area (Å²) in [5.41, 5.74) is 0. The number of quaternary nitrogens is 1. The quantitative estimate of drug-likeness (QED) is 0.828. The number of likely N-dealkylation sites (tertiary alicyclic amines) is 1. The van der Waals surface area contributed by atoms with Crippen molar-refractivity contribution < 1.29 is 14.4 Å². The van der Waals surface area contributed by atoms with E-state index in [9.17, 15) is 0 Å². The molecule has 0 atom stereocenters. The van der Waals surface area contributed by atoms with Gasteiger partial charge in [0.25, 0.3) is 0 Å². The van der Waals surface area contributed by atoms with Gasteiger partial charge in [0.05, 0.1) is 20.2 Å². The van der Waals surface area contributed by atoms with Crippen LogP contribution >= 0.6 is 0 Å². The van der Waals surface area contributed by atoms with Crippen LogP contribution in [0.25, 0.3) is 0 Å². The van der Waals surface area contributed by atoms with Crippen LogP contribution in [0.1, 0.15) is 19.3 Å². The summed E-state index contributed by atoms with van der Waals surface area (Å²) < 4.78 is 10.9. The van der Waals surface area contributed by atoms with Crippen molar-refractivity contribution in [3.63, 3.8) is 0 Å². The summed E-state index contributed by atoms with van der Waals surface area (Å²) in [4.78, 5) is 1.68. The Hall–Kier alpha value is -1.22. The van der Waals surface area contributed by atoms with Crippen LogP contribution < -0.4 is 14.4 Å². The highest BCUT2D eigenvalue weighted by Crippen LogP contribution is 2.18. The first-order valence-corrected chi connectivity index (χ1v) is 6.49. The van der Waals surface area contributed by atoms with Crippen LogP contribution in [0, 0.1) is 0 Å². The Balaban J connectivity index is 1.73. The number of rotatable bonds is 5. The third-order valence-corrected chi connectivity index (χ3v) is 3.33. The van der Waals surface area contributed by atoms with Gasteiger partial charge in [-0.1, -0.05) is 6.07 Å². The maximum absolute atomic E-state index is 5.75. The van der Waals surface area contributed by atoms with E-state index in [2.05, 4.69) is 0 Å². The second-order valence-corrected chi connectivity index (χ2v) is 4.59. The molecule has 0 saturated carbocycles. The molecular weight excluding hydrogens is 214 g/mol. The Kier molecular flexibility index (Phi) is 4.68. The third kappa shape index (κ3) is 3.93. The highest BCUT2D eigenvalue weighted by Gasteiger charge is 2.12. The van der Waals surface area contributed by atoms with Crippen molar-refractivity contribution in [2.45, 2.75) is 19.3 Å². The molecule has 1 fully saturated rings. The molecule has 1 aliphatic heterocycles. The largest absolute Gasteiger partial charge is 0.497 e. The minimum atomic E-state index is 0.794. The second-order valence-electron chi connectivity index (χ2n) is 4.59. The van der Waals surface area contributed by atoms with E-state index >= 15 is 0 Å². The monoisotopic (exact) mass is 236 g/mol. The van der Waals surface area contributed by atoms with Gasteiger partial charge in [0.2, 0.25) is 0 Å². The lowest BCUT2D eigenvalue weighted by molar-refractivity contribution is -0.904. The number of hydrogen-bond acceptors (Lipinski definition) is 2. The molecule has 0 spiro atoms. The fourth-order valence-electron chi connectivity index (χ4n) is 2.31. The minimum Gasteiger partial charge on any atom is -0.497 e. The standard InChI is InChI=1S/C14H21NO2/c1-16-13-6-5-7-14(12-13)17-11-10-15-8-3-2-4-9-15/h5-7,12H,2-4,8-11H2,1H3/p+1. The van der Waals surface area contributed by atoms with Crippen molar-refractivity contribution in [3.05, 3.63) is 24.3 Å². The highest BCUT2D eigenvalue weighted by molar-refractivity contribution is 5.32. The predicted molar refractivity (Wildman–Crippen MR) is 67.9 cm³/mol. The lowest BCUT2D eigenvalue weighted by atomic mass is 10.1. The number of benzene rings is 1. The molecule has 1 heterocycles. The first-order valence-electron chi connectivity index (χ1n) is 6.49. The maximum Gasteiger partial charge on any atom is 0.137 e. The molecule has 1 aromatic rings. The minimum absolute atomic E-state index is 0.794. The molecule has 3 heteroatoms. The van der Waals surface area contributed by atoms with E-state index in [0.717, 1.165) is 24.7 Å². The van der Waals surface area contributed by atoms with E-state index in [1.807, 2.05) is 24.3 Å². The lowest BCUT2D eigenvalue weighted by Gasteiger charge is -2.23. The van der Waals surface area contributed by atoms with E-state index in [1.165, 1.54) is 32.4 Å². The first-order chi connectivity index (χ1) is 8.38. The summed E-state index contributed by atoms with van der Waals surface area (Å²) in [5.74, 6) is 1.76. The Bertz CT molecular complexity index is 335. The molecule has 1 aromatic carbocycles. The summed E-state index contributed by atoms with van der Waals surface area (Å²) >= 11 is 0. The van der Waals surface area contributed by atoms with Crippen LogP contribution in [0.4, 0.5) is 0 Å². The SMILES string of the molecule is COc1cccc(OCC[NH+]2CCCCC2)c1. The van der Waals surface area contributed by atoms with Crippen LogP contribution in [0.15, 0.2) is 24.3 Å². The molecule has 17 heavy (non-hydrogen) atoms. The Labute approximate surface area is 103 Å². The Morgan fingerprint density at radius 3 is 2.65 bits per heavy atom. The van der Waals surface area contributed by atoms with Crippen LogP contribution in [0.2, 0.25) is 0 Å². The zero-order chi connectivity index (χ0) is 11.9. The summed E-state index contributed by atoms with van der Waals surface area (Å²) in [6, 6.07) is 7.81. The van der Waals surface area contributed by atoms with Crippen molar-refractivity contribution in [1.29, 1.82) is 0 Å². The van der Waals surface area contributed by atoms with Gasteiger partial charge in [0.15, 0.2) is 0 Å². The first kappa shape index (κ1) is 12.2. The van der Waals surface area contributed by atoms with Gasteiger partial charge in [-0.3, -0.25) is 0 Å². The van der Waals surface area contributed by atoms with Gasteiger partial charge in [0, 0.05) is 6.07 Å². The van der Waals surface area contributed by atoms with Crippen LogP contribution in [0.3, 0.4) is 0 Å². The molecule has 0 unspecified atom stereocenters. The fourth-order valence-corrected chi connectivity index (χ4v) is 2.31. The van der Waals surface area contributed by atoms with Crippen molar-refractivity contribution in [3.8, 4) is 11.5 Å². The molecular formula is C14H22NO2+. The predicted octanol–water partition coefficient (Wildman–Crippen LogP) is 1.14. The van der Waals surface area contributed by atoms with E-state index in [-0.39, 0.29) is 0 Å². The lowest BCUT2D eigenvalue weighted by Crippen LogP contribution is -3.13. The van der Waals surface area contributed by atoms with Crippen molar-refractivity contribution in [2.75, 3.05) is 33.4 Å². The third-order valence-electron chi connectivity index (χ3n) is 3.33. The molecule has 0 radical (unpaired) electrons. The number of piperidine rings is 1. The second kappa shape index (κ2) is 6.50. The molecule has 0 aromatic heterocycles. The number of ether oxygens (including phenoxy) is 2. The average Bonchev–Trinajstić information content (AvgIpc) is 2.40. The summed E-state index contributed by atoms with van der Waals surface area (Å²) in [5, 5.41) is 0. The normalized spacial score (nSPS) is 16.8. The molecule has 2 rings (SSSR count).